The van der Waals surface area contributed by atoms with Gasteiger partial charge in [0.05, 0.1) is 5.76 Å². The van der Waals surface area contributed by atoms with Crippen LogP contribution in [0.3, 0.4) is 0 Å². The zero-order valence-corrected chi connectivity index (χ0v) is 5.22. The fourth-order valence-corrected chi connectivity index (χ4v) is 0.467. The number of hydrogen-bond acceptors (Lipinski definition) is 1. The molecule has 0 aliphatic rings. The van der Waals surface area contributed by atoms with E-state index in [1.54, 1.807) is 12.2 Å². The molecule has 0 aliphatic carbocycles. The maximum atomic E-state index is 8.84. The average molecular weight is 112 g/mol. The van der Waals surface area contributed by atoms with Crippen molar-refractivity contribution in [1.29, 1.82) is 0 Å². The van der Waals surface area contributed by atoms with Gasteiger partial charge >= 0.3 is 0 Å². The second kappa shape index (κ2) is 4.44. The molecule has 1 nitrogen and oxygen atoms in total. The van der Waals surface area contributed by atoms with Crippen molar-refractivity contribution in [2.45, 2.75) is 19.8 Å². The molecule has 0 heterocycles. The predicted octanol–water partition coefficient (Wildman–Crippen LogP) is 2.41. The Hall–Kier alpha value is -0.720. The number of rotatable bonds is 3. The van der Waals surface area contributed by atoms with Gasteiger partial charge in [-0.1, -0.05) is 13.0 Å². The summed E-state index contributed by atoms with van der Waals surface area (Å²) in [5, 5.41) is 8.84. The summed E-state index contributed by atoms with van der Waals surface area (Å²) >= 11 is 0. The molecule has 0 amide bonds. The van der Waals surface area contributed by atoms with Crippen LogP contribution in [-0.4, -0.2) is 5.11 Å². The van der Waals surface area contributed by atoms with Gasteiger partial charge in [0.25, 0.3) is 0 Å². The van der Waals surface area contributed by atoms with Crippen LogP contribution in [0.2, 0.25) is 0 Å². The monoisotopic (exact) mass is 112 g/mol. The van der Waals surface area contributed by atoms with Crippen LogP contribution in [-0.2, 0) is 0 Å². The minimum Gasteiger partial charge on any atom is -0.512 e. The molecule has 0 atom stereocenters. The highest BCUT2D eigenvalue weighted by atomic mass is 16.3. The lowest BCUT2D eigenvalue weighted by Gasteiger charge is -1.89. The Morgan fingerprint density at radius 2 is 2.38 bits per heavy atom. The van der Waals surface area contributed by atoms with Gasteiger partial charge in [-0.05, 0) is 12.5 Å². The Labute approximate surface area is 50.3 Å². The molecule has 0 unspecified atom stereocenters. The van der Waals surface area contributed by atoms with Crippen LogP contribution < -0.4 is 0 Å². The highest BCUT2D eigenvalue weighted by molar-refractivity contribution is 4.95. The van der Waals surface area contributed by atoms with E-state index in [-0.39, 0.29) is 0 Å². The van der Waals surface area contributed by atoms with E-state index in [4.69, 9.17) is 5.11 Å². The molecule has 0 spiro atoms. The van der Waals surface area contributed by atoms with Crippen molar-refractivity contribution in [3.63, 3.8) is 0 Å². The molecule has 1 heteroatoms. The van der Waals surface area contributed by atoms with Crippen molar-refractivity contribution >= 4 is 0 Å². The van der Waals surface area contributed by atoms with Gasteiger partial charge in [0, 0.05) is 6.42 Å². The molecular weight excluding hydrogens is 100 g/mol. The standard InChI is InChI=1S/C7H12O/c1-3-5-7(8)6-4-2/h3,6,8H,1,4-5H2,2H3/b7-6-. The second-order valence-corrected chi connectivity index (χ2v) is 1.60. The fraction of sp³-hybridized carbons (Fsp3) is 0.429. The van der Waals surface area contributed by atoms with Crippen molar-refractivity contribution in [1.82, 2.24) is 0 Å². The third-order valence-corrected chi connectivity index (χ3v) is 0.793. The Balaban J connectivity index is 3.44. The quantitative estimate of drug-likeness (QED) is 0.439. The molecule has 1 N–H and O–H groups in total. The van der Waals surface area contributed by atoms with E-state index in [1.807, 2.05) is 6.92 Å². The smallest absolute Gasteiger partial charge is 0.0920 e. The topological polar surface area (TPSA) is 20.2 Å². The molecule has 0 rings (SSSR count). The molecule has 0 saturated heterocycles. The maximum absolute atomic E-state index is 8.84. The first-order valence-corrected chi connectivity index (χ1v) is 2.80. The van der Waals surface area contributed by atoms with Gasteiger partial charge in [0.1, 0.15) is 0 Å². The molecule has 0 aromatic rings. The van der Waals surface area contributed by atoms with Crippen molar-refractivity contribution in [2.24, 2.45) is 0 Å². The summed E-state index contributed by atoms with van der Waals surface area (Å²) in [6.07, 6.45) is 4.94. The molecule has 0 fully saturated rings. The van der Waals surface area contributed by atoms with Crippen LogP contribution in [0, 0.1) is 0 Å². The molecule has 46 valence electrons. The molecule has 0 radical (unpaired) electrons. The van der Waals surface area contributed by atoms with Crippen molar-refractivity contribution in [2.75, 3.05) is 0 Å². The van der Waals surface area contributed by atoms with Gasteiger partial charge in [-0.15, -0.1) is 6.58 Å². The summed E-state index contributed by atoms with van der Waals surface area (Å²) in [6, 6.07) is 0. The number of allylic oxidation sites excluding steroid dienone is 2. The summed E-state index contributed by atoms with van der Waals surface area (Å²) in [7, 11) is 0. The van der Waals surface area contributed by atoms with E-state index in [9.17, 15) is 0 Å². The third-order valence-electron chi connectivity index (χ3n) is 0.793. The highest BCUT2D eigenvalue weighted by Gasteiger charge is 1.82. The van der Waals surface area contributed by atoms with E-state index >= 15 is 0 Å². The molecule has 0 saturated carbocycles. The van der Waals surface area contributed by atoms with E-state index in [1.165, 1.54) is 0 Å². The fourth-order valence-electron chi connectivity index (χ4n) is 0.467. The first-order chi connectivity index (χ1) is 3.81. The normalized spacial score (nSPS) is 11.4. The van der Waals surface area contributed by atoms with Gasteiger partial charge < -0.3 is 5.11 Å². The van der Waals surface area contributed by atoms with Crippen molar-refractivity contribution in [3.8, 4) is 0 Å². The Kier molecular flexibility index (Phi) is 4.04. The largest absolute Gasteiger partial charge is 0.512 e. The van der Waals surface area contributed by atoms with E-state index in [0.717, 1.165) is 6.42 Å². The summed E-state index contributed by atoms with van der Waals surface area (Å²) in [4.78, 5) is 0. The van der Waals surface area contributed by atoms with Crippen LogP contribution >= 0.6 is 0 Å². The predicted molar refractivity (Wildman–Crippen MR) is 35.8 cm³/mol. The van der Waals surface area contributed by atoms with Crippen LogP contribution in [0.4, 0.5) is 0 Å². The van der Waals surface area contributed by atoms with E-state index in [0.29, 0.717) is 12.2 Å². The maximum Gasteiger partial charge on any atom is 0.0920 e. The van der Waals surface area contributed by atoms with Gasteiger partial charge in [-0.25, -0.2) is 0 Å². The second-order valence-electron chi connectivity index (χ2n) is 1.60. The van der Waals surface area contributed by atoms with Crippen molar-refractivity contribution in [3.05, 3.63) is 24.5 Å². The van der Waals surface area contributed by atoms with E-state index < -0.39 is 0 Å². The Morgan fingerprint density at radius 3 is 2.75 bits per heavy atom. The first-order valence-electron chi connectivity index (χ1n) is 2.80. The van der Waals surface area contributed by atoms with Crippen molar-refractivity contribution < 1.29 is 5.11 Å². The molecule has 0 aromatic carbocycles. The Morgan fingerprint density at radius 1 is 1.75 bits per heavy atom. The van der Waals surface area contributed by atoms with Crippen LogP contribution in [0.25, 0.3) is 0 Å². The van der Waals surface area contributed by atoms with Gasteiger partial charge in [0.2, 0.25) is 0 Å². The lowest BCUT2D eigenvalue weighted by molar-refractivity contribution is 0.399. The summed E-state index contributed by atoms with van der Waals surface area (Å²) < 4.78 is 0. The summed E-state index contributed by atoms with van der Waals surface area (Å²) in [6.45, 7) is 5.47. The SMILES string of the molecule is C=CC/C(O)=C/CC. The first kappa shape index (κ1) is 7.28. The van der Waals surface area contributed by atoms with Gasteiger partial charge in [-0.3, -0.25) is 0 Å². The third kappa shape index (κ3) is 3.47. The van der Waals surface area contributed by atoms with Crippen LogP contribution in [0.5, 0.6) is 0 Å². The van der Waals surface area contributed by atoms with Gasteiger partial charge in [0.15, 0.2) is 0 Å². The molecular formula is C7H12O. The average Bonchev–Trinajstić information content (AvgIpc) is 1.68. The number of aliphatic hydroxyl groups excluding tert-OH is 1. The summed E-state index contributed by atoms with van der Waals surface area (Å²) in [5.41, 5.74) is 0. The molecule has 0 aromatic heterocycles. The van der Waals surface area contributed by atoms with Gasteiger partial charge in [-0.2, -0.15) is 0 Å². The minimum atomic E-state index is 0.419. The van der Waals surface area contributed by atoms with Crippen LogP contribution in [0.15, 0.2) is 24.5 Å². The van der Waals surface area contributed by atoms with E-state index in [2.05, 4.69) is 6.58 Å². The lowest BCUT2D eigenvalue weighted by Crippen LogP contribution is -1.74. The molecule has 0 aliphatic heterocycles. The molecule has 8 heavy (non-hydrogen) atoms. The summed E-state index contributed by atoms with van der Waals surface area (Å²) in [5.74, 6) is 0.419. The number of hydrogen-bond donors (Lipinski definition) is 1. The zero-order chi connectivity index (χ0) is 6.41. The van der Waals surface area contributed by atoms with Crippen LogP contribution in [0.1, 0.15) is 19.8 Å². The molecule has 0 bridgehead atoms. The Bertz CT molecular complexity index is 92.6. The lowest BCUT2D eigenvalue weighted by atomic mass is 10.3. The minimum absolute atomic E-state index is 0.419. The number of aliphatic hydroxyl groups is 1. The highest BCUT2D eigenvalue weighted by Crippen LogP contribution is 1.96. The zero-order valence-electron chi connectivity index (χ0n) is 5.22.